The van der Waals surface area contributed by atoms with Crippen molar-refractivity contribution >= 4 is 17.6 Å². The number of nitrogens with zero attached hydrogens (tertiary/aromatic N) is 1. The Morgan fingerprint density at radius 3 is 2.77 bits per heavy atom. The molecule has 0 aliphatic carbocycles. The molecule has 0 saturated carbocycles. The van der Waals surface area contributed by atoms with Crippen molar-refractivity contribution in [3.8, 4) is 0 Å². The van der Waals surface area contributed by atoms with Gasteiger partial charge in [0.2, 0.25) is 0 Å². The number of ether oxygens (including phenoxy) is 1. The fraction of sp³-hybridized carbons (Fsp3) is 0.294. The molecular weight excluding hydrogens is 280 g/mol. The van der Waals surface area contributed by atoms with Crippen LogP contribution in [0.15, 0.2) is 36.4 Å². The summed E-state index contributed by atoms with van der Waals surface area (Å²) in [6.07, 6.45) is 0.910. The Labute approximate surface area is 128 Å². The highest BCUT2D eigenvalue weighted by molar-refractivity contribution is 6.13. The fourth-order valence-electron chi connectivity index (χ4n) is 2.71. The Hall–Kier alpha value is -2.56. The Morgan fingerprint density at radius 1 is 1.27 bits per heavy atom. The third kappa shape index (κ3) is 2.50. The summed E-state index contributed by atoms with van der Waals surface area (Å²) in [5, 5.41) is 3.23. The van der Waals surface area contributed by atoms with Crippen LogP contribution in [0.2, 0.25) is 0 Å². The Balaban J connectivity index is 2.05. The predicted octanol–water partition coefficient (Wildman–Crippen LogP) is 2.71. The van der Waals surface area contributed by atoms with E-state index in [1.165, 1.54) is 0 Å². The smallest absolute Gasteiger partial charge is 0.355 e. The molecule has 5 nitrogen and oxygen atoms in total. The van der Waals surface area contributed by atoms with Gasteiger partial charge in [-0.25, -0.2) is 4.79 Å². The van der Waals surface area contributed by atoms with Gasteiger partial charge < -0.3 is 14.6 Å². The summed E-state index contributed by atoms with van der Waals surface area (Å²) in [5.41, 5.74) is 1.57. The van der Waals surface area contributed by atoms with Crippen LogP contribution in [0.5, 0.6) is 0 Å². The number of rotatable bonds is 4. The summed E-state index contributed by atoms with van der Waals surface area (Å²) in [5.74, 6) is 0.233. The molecule has 1 aliphatic heterocycles. The zero-order valence-corrected chi connectivity index (χ0v) is 12.5. The van der Waals surface area contributed by atoms with Gasteiger partial charge >= 0.3 is 5.97 Å². The van der Waals surface area contributed by atoms with E-state index in [-0.39, 0.29) is 11.8 Å². The second-order valence-electron chi connectivity index (χ2n) is 5.14. The summed E-state index contributed by atoms with van der Waals surface area (Å²) in [4.78, 5) is 24.8. The van der Waals surface area contributed by atoms with E-state index >= 15 is 0 Å². The van der Waals surface area contributed by atoms with Gasteiger partial charge in [-0.2, -0.15) is 0 Å². The van der Waals surface area contributed by atoms with E-state index in [4.69, 9.17) is 4.74 Å². The average molecular weight is 298 g/mol. The third-order valence-corrected chi connectivity index (χ3v) is 3.71. The molecule has 0 atom stereocenters. The zero-order chi connectivity index (χ0) is 15.5. The quantitative estimate of drug-likeness (QED) is 0.696. The molecule has 1 aromatic carbocycles. The maximum absolute atomic E-state index is 12.7. The lowest BCUT2D eigenvalue weighted by molar-refractivity contribution is 0.0513. The van der Waals surface area contributed by atoms with Crippen LogP contribution in [0.1, 0.15) is 39.8 Å². The van der Waals surface area contributed by atoms with Crippen LogP contribution in [0.4, 0.5) is 5.82 Å². The number of hydrogen-bond donors (Lipinski definition) is 1. The second kappa shape index (κ2) is 6.05. The van der Waals surface area contributed by atoms with Crippen molar-refractivity contribution in [3.63, 3.8) is 0 Å². The van der Waals surface area contributed by atoms with Crippen LogP contribution < -0.4 is 5.32 Å². The third-order valence-electron chi connectivity index (χ3n) is 3.71. The highest BCUT2D eigenvalue weighted by atomic mass is 16.5. The Kier molecular flexibility index (Phi) is 3.96. The molecule has 0 saturated heterocycles. The molecule has 1 aliphatic rings. The molecule has 0 amide bonds. The molecule has 0 bridgehead atoms. The summed E-state index contributed by atoms with van der Waals surface area (Å²) in [7, 11) is 0. The molecule has 2 aromatic rings. The molecule has 0 unspecified atom stereocenters. The number of fused-ring (bicyclic) bond motifs is 1. The lowest BCUT2D eigenvalue weighted by atomic mass is 10.0. The number of benzene rings is 1. The molecule has 0 radical (unpaired) electrons. The van der Waals surface area contributed by atoms with E-state index in [1.807, 2.05) is 22.8 Å². The van der Waals surface area contributed by atoms with Crippen molar-refractivity contribution in [1.82, 2.24) is 4.57 Å². The largest absolute Gasteiger partial charge is 0.461 e. The second-order valence-corrected chi connectivity index (χ2v) is 5.14. The molecule has 3 rings (SSSR count). The molecule has 1 aromatic heterocycles. The van der Waals surface area contributed by atoms with Crippen LogP contribution >= 0.6 is 0 Å². The molecule has 0 spiro atoms. The van der Waals surface area contributed by atoms with E-state index in [0.717, 1.165) is 13.0 Å². The highest BCUT2D eigenvalue weighted by Crippen LogP contribution is 2.28. The van der Waals surface area contributed by atoms with E-state index in [0.29, 0.717) is 35.8 Å². The van der Waals surface area contributed by atoms with E-state index in [9.17, 15) is 9.59 Å². The van der Waals surface area contributed by atoms with E-state index in [2.05, 4.69) is 5.32 Å². The number of carbonyl (C=O) groups excluding carboxylic acids is 2. The first kappa shape index (κ1) is 14.4. The summed E-state index contributed by atoms with van der Waals surface area (Å²) < 4.78 is 6.94. The monoisotopic (exact) mass is 298 g/mol. The molecule has 0 fully saturated rings. The van der Waals surface area contributed by atoms with Gasteiger partial charge in [-0.15, -0.1) is 0 Å². The molecular formula is C17H18N2O3. The maximum atomic E-state index is 12.7. The van der Waals surface area contributed by atoms with Crippen LogP contribution in [-0.4, -0.2) is 29.5 Å². The molecule has 5 heteroatoms. The van der Waals surface area contributed by atoms with Crippen molar-refractivity contribution in [2.24, 2.45) is 0 Å². The van der Waals surface area contributed by atoms with Crippen molar-refractivity contribution in [2.45, 2.75) is 19.9 Å². The fourth-order valence-corrected chi connectivity index (χ4v) is 2.71. The minimum Gasteiger partial charge on any atom is -0.461 e. The number of ketones is 1. The Morgan fingerprint density at radius 2 is 2.05 bits per heavy atom. The number of aromatic nitrogens is 1. The van der Waals surface area contributed by atoms with Gasteiger partial charge in [-0.05, 0) is 19.4 Å². The SMILES string of the molecule is CCOC(=O)c1cc(C(=O)c2ccccc2)c2n1CCCN2. The minimum atomic E-state index is -0.389. The van der Waals surface area contributed by atoms with Crippen LogP contribution in [0, 0.1) is 0 Å². The van der Waals surface area contributed by atoms with Crippen LogP contribution in [-0.2, 0) is 11.3 Å². The molecule has 1 N–H and O–H groups in total. The highest BCUT2D eigenvalue weighted by Gasteiger charge is 2.26. The van der Waals surface area contributed by atoms with Gasteiger partial charge in [-0.1, -0.05) is 30.3 Å². The van der Waals surface area contributed by atoms with Gasteiger partial charge in [0.05, 0.1) is 12.2 Å². The average Bonchev–Trinajstić information content (AvgIpc) is 2.95. The van der Waals surface area contributed by atoms with Gasteiger partial charge in [0, 0.05) is 18.7 Å². The number of nitrogens with one attached hydrogen (secondary N) is 1. The zero-order valence-electron chi connectivity index (χ0n) is 12.5. The van der Waals surface area contributed by atoms with Gasteiger partial charge in [0.15, 0.2) is 5.78 Å². The summed E-state index contributed by atoms with van der Waals surface area (Å²) >= 11 is 0. The van der Waals surface area contributed by atoms with Gasteiger partial charge in [0.25, 0.3) is 0 Å². The first-order chi connectivity index (χ1) is 10.7. The number of hydrogen-bond acceptors (Lipinski definition) is 4. The standard InChI is InChI=1S/C17H18N2O3/c1-2-22-17(21)14-11-13(16-18-9-6-10-19(14)16)15(20)12-7-4-3-5-8-12/h3-5,7-8,11,18H,2,6,9-10H2,1H3. The summed E-state index contributed by atoms with van der Waals surface area (Å²) in [6.45, 7) is 3.58. The molecule has 114 valence electrons. The van der Waals surface area contributed by atoms with Crippen molar-refractivity contribution in [2.75, 3.05) is 18.5 Å². The summed E-state index contributed by atoms with van der Waals surface area (Å²) in [6, 6.07) is 10.7. The van der Waals surface area contributed by atoms with E-state index in [1.54, 1.807) is 25.1 Å². The van der Waals surface area contributed by atoms with Crippen molar-refractivity contribution < 1.29 is 14.3 Å². The first-order valence-electron chi connectivity index (χ1n) is 7.46. The first-order valence-corrected chi connectivity index (χ1v) is 7.46. The normalized spacial score (nSPS) is 13.1. The minimum absolute atomic E-state index is 0.0886. The Bertz CT molecular complexity index is 704. The lowest BCUT2D eigenvalue weighted by Gasteiger charge is -2.20. The van der Waals surface area contributed by atoms with Crippen molar-refractivity contribution in [3.05, 3.63) is 53.2 Å². The molecule has 22 heavy (non-hydrogen) atoms. The topological polar surface area (TPSA) is 60.3 Å². The van der Waals surface area contributed by atoms with Crippen molar-refractivity contribution in [1.29, 1.82) is 0 Å². The van der Waals surface area contributed by atoms with Gasteiger partial charge in [0.1, 0.15) is 11.5 Å². The van der Waals surface area contributed by atoms with Gasteiger partial charge in [-0.3, -0.25) is 4.79 Å². The van der Waals surface area contributed by atoms with Crippen LogP contribution in [0.3, 0.4) is 0 Å². The van der Waals surface area contributed by atoms with Crippen LogP contribution in [0.25, 0.3) is 0 Å². The number of carbonyl (C=O) groups is 2. The predicted molar refractivity (Wildman–Crippen MR) is 83.4 cm³/mol. The maximum Gasteiger partial charge on any atom is 0.355 e. The molecule has 2 heterocycles. The number of anilines is 1. The number of esters is 1. The van der Waals surface area contributed by atoms with E-state index < -0.39 is 0 Å². The lowest BCUT2D eigenvalue weighted by Crippen LogP contribution is -2.21.